The van der Waals surface area contributed by atoms with Crippen LogP contribution in [0.4, 0.5) is 0 Å². The fourth-order valence-corrected chi connectivity index (χ4v) is 5.41. The molecule has 2 heterocycles. The van der Waals surface area contributed by atoms with Crippen molar-refractivity contribution in [3.63, 3.8) is 0 Å². The topological polar surface area (TPSA) is 109 Å². The number of halogens is 1. The van der Waals surface area contributed by atoms with E-state index in [4.69, 9.17) is 25.8 Å². The van der Waals surface area contributed by atoms with Crippen molar-refractivity contribution in [1.82, 2.24) is 0 Å². The molecule has 2 aliphatic rings. The molecule has 7 nitrogen and oxygen atoms in total. The first-order chi connectivity index (χ1) is 18.2. The van der Waals surface area contributed by atoms with Gasteiger partial charge in [-0.3, -0.25) is 0 Å². The lowest BCUT2D eigenvalue weighted by molar-refractivity contribution is -0.231. The van der Waals surface area contributed by atoms with Gasteiger partial charge in [-0.2, -0.15) is 0 Å². The van der Waals surface area contributed by atoms with Gasteiger partial charge in [0.25, 0.3) is 0 Å². The Morgan fingerprint density at radius 3 is 2.47 bits per heavy atom. The van der Waals surface area contributed by atoms with Crippen molar-refractivity contribution >= 4 is 11.6 Å². The second-order valence-electron chi connectivity index (χ2n) is 10.4. The van der Waals surface area contributed by atoms with Crippen LogP contribution in [-0.2, 0) is 28.1 Å². The van der Waals surface area contributed by atoms with Gasteiger partial charge in [0.2, 0.25) is 0 Å². The quantitative estimate of drug-likeness (QED) is 0.363. The summed E-state index contributed by atoms with van der Waals surface area (Å²) in [6.45, 7) is 4.63. The van der Waals surface area contributed by atoms with Crippen molar-refractivity contribution in [2.75, 3.05) is 13.2 Å². The summed E-state index contributed by atoms with van der Waals surface area (Å²) in [7, 11) is 0. The van der Waals surface area contributed by atoms with Gasteiger partial charge in [-0.15, -0.1) is 0 Å². The zero-order chi connectivity index (χ0) is 27.0. The fraction of sp³-hybridized carbons (Fsp3) is 0.400. The van der Waals surface area contributed by atoms with E-state index in [2.05, 4.69) is 25.1 Å². The monoisotopic (exact) mass is 540 g/mol. The third-order valence-corrected chi connectivity index (χ3v) is 7.87. The van der Waals surface area contributed by atoms with Gasteiger partial charge in [0.15, 0.2) is 0 Å². The van der Waals surface area contributed by atoms with Crippen molar-refractivity contribution in [1.29, 1.82) is 0 Å². The van der Waals surface area contributed by atoms with E-state index < -0.39 is 42.7 Å². The predicted octanol–water partition coefficient (Wildman–Crippen LogP) is 3.58. The minimum Gasteiger partial charge on any atom is -0.490 e. The summed E-state index contributed by atoms with van der Waals surface area (Å²) in [6, 6.07) is 19.4. The summed E-state index contributed by atoms with van der Waals surface area (Å²) in [5, 5.41) is 40.8. The second-order valence-corrected chi connectivity index (χ2v) is 10.8. The van der Waals surface area contributed by atoms with Gasteiger partial charge in [-0.05, 0) is 66.3 Å². The van der Waals surface area contributed by atoms with Crippen LogP contribution in [0.3, 0.4) is 0 Å². The van der Waals surface area contributed by atoms with Crippen molar-refractivity contribution in [3.8, 4) is 5.75 Å². The van der Waals surface area contributed by atoms with Gasteiger partial charge in [-0.25, -0.2) is 0 Å². The average Bonchev–Trinajstić information content (AvgIpc) is 3.24. The molecule has 3 aromatic carbocycles. The van der Waals surface area contributed by atoms with E-state index in [1.165, 1.54) is 11.1 Å². The lowest BCUT2D eigenvalue weighted by atomic mass is 9.90. The van der Waals surface area contributed by atoms with Crippen molar-refractivity contribution in [3.05, 3.63) is 99.1 Å². The van der Waals surface area contributed by atoms with Gasteiger partial charge in [0.1, 0.15) is 48.5 Å². The molecule has 0 amide bonds. The molecule has 2 aliphatic heterocycles. The highest BCUT2D eigenvalue weighted by atomic mass is 35.5. The molecule has 5 rings (SSSR count). The van der Waals surface area contributed by atoms with Crippen LogP contribution in [0.2, 0.25) is 5.02 Å². The highest BCUT2D eigenvalue weighted by Gasteiger charge is 2.44. The molecule has 0 spiro atoms. The molecule has 0 aromatic heterocycles. The predicted molar refractivity (Wildman–Crippen MR) is 142 cm³/mol. The van der Waals surface area contributed by atoms with Crippen molar-refractivity contribution in [2.24, 2.45) is 0 Å². The van der Waals surface area contributed by atoms with E-state index in [-0.39, 0.29) is 0 Å². The van der Waals surface area contributed by atoms with Gasteiger partial charge in [0, 0.05) is 5.02 Å². The summed E-state index contributed by atoms with van der Waals surface area (Å²) in [5.74, 6) is 0.736. The van der Waals surface area contributed by atoms with Crippen LogP contribution in [0, 0.1) is 6.92 Å². The Kier molecular flexibility index (Phi) is 7.80. The Hall–Kier alpha value is -2.49. The SMILES string of the molecule is Cc1ccc2c(c1)COC2(C)COc1ccc(Cc2cc([C@@H]3O[C@H](CO)[C@@H](O)[C@H](O)[C@H]3O)ccc2Cl)cc1. The first-order valence-corrected chi connectivity index (χ1v) is 13.1. The smallest absolute Gasteiger partial charge is 0.125 e. The molecule has 0 radical (unpaired) electrons. The highest BCUT2D eigenvalue weighted by molar-refractivity contribution is 6.31. The third-order valence-electron chi connectivity index (χ3n) is 7.50. The summed E-state index contributed by atoms with van der Waals surface area (Å²) in [4.78, 5) is 0. The molecule has 8 heteroatoms. The van der Waals surface area contributed by atoms with Crippen LogP contribution in [0.25, 0.3) is 0 Å². The fourth-order valence-electron chi connectivity index (χ4n) is 5.22. The number of hydrogen-bond donors (Lipinski definition) is 4. The number of aliphatic hydroxyl groups excluding tert-OH is 4. The van der Waals surface area contributed by atoms with Crippen LogP contribution < -0.4 is 4.74 Å². The van der Waals surface area contributed by atoms with E-state index in [1.54, 1.807) is 12.1 Å². The molecule has 202 valence electrons. The van der Waals surface area contributed by atoms with Gasteiger partial charge < -0.3 is 34.6 Å². The highest BCUT2D eigenvalue weighted by Crippen LogP contribution is 2.38. The Bertz CT molecular complexity index is 1280. The van der Waals surface area contributed by atoms with E-state index in [9.17, 15) is 20.4 Å². The molecular weight excluding hydrogens is 508 g/mol. The Morgan fingerprint density at radius 2 is 1.74 bits per heavy atom. The average molecular weight is 541 g/mol. The zero-order valence-corrected chi connectivity index (χ0v) is 22.1. The number of aryl methyl sites for hydroxylation is 1. The number of hydrogen-bond acceptors (Lipinski definition) is 7. The number of benzene rings is 3. The number of fused-ring (bicyclic) bond motifs is 1. The van der Waals surface area contributed by atoms with Gasteiger partial charge in [0.05, 0.1) is 13.2 Å². The molecule has 0 saturated carbocycles. The summed E-state index contributed by atoms with van der Waals surface area (Å²) >= 11 is 6.48. The Labute approximate surface area is 227 Å². The lowest BCUT2D eigenvalue weighted by Gasteiger charge is -2.40. The minimum absolute atomic E-state index is 0.398. The molecule has 38 heavy (non-hydrogen) atoms. The summed E-state index contributed by atoms with van der Waals surface area (Å²) in [6.07, 6.45) is -5.55. The molecule has 0 aliphatic carbocycles. The van der Waals surface area contributed by atoms with E-state index >= 15 is 0 Å². The van der Waals surface area contributed by atoms with E-state index in [0.29, 0.717) is 30.2 Å². The maximum atomic E-state index is 10.5. The molecule has 1 unspecified atom stereocenters. The largest absolute Gasteiger partial charge is 0.490 e. The lowest BCUT2D eigenvalue weighted by Crippen LogP contribution is -2.55. The van der Waals surface area contributed by atoms with Crippen molar-refractivity contribution in [2.45, 2.75) is 63.0 Å². The number of rotatable bonds is 7. The zero-order valence-electron chi connectivity index (χ0n) is 21.4. The Balaban J connectivity index is 1.26. The van der Waals surface area contributed by atoms with E-state index in [0.717, 1.165) is 22.4 Å². The van der Waals surface area contributed by atoms with Gasteiger partial charge in [-0.1, -0.05) is 59.6 Å². The number of ether oxygens (including phenoxy) is 3. The summed E-state index contributed by atoms with van der Waals surface area (Å²) < 4.78 is 17.9. The maximum absolute atomic E-state index is 10.5. The summed E-state index contributed by atoms with van der Waals surface area (Å²) in [5.41, 5.74) is 5.50. The van der Waals surface area contributed by atoms with Crippen LogP contribution in [0.15, 0.2) is 60.7 Å². The molecule has 3 aromatic rings. The van der Waals surface area contributed by atoms with Crippen LogP contribution in [0.1, 0.15) is 46.4 Å². The molecule has 4 N–H and O–H groups in total. The molecule has 1 fully saturated rings. The van der Waals surface area contributed by atoms with Crippen LogP contribution in [-0.4, -0.2) is 58.1 Å². The Morgan fingerprint density at radius 1 is 0.974 bits per heavy atom. The molecule has 0 bridgehead atoms. The van der Waals surface area contributed by atoms with Crippen LogP contribution in [0.5, 0.6) is 5.75 Å². The molecule has 6 atom stereocenters. The maximum Gasteiger partial charge on any atom is 0.125 e. The van der Waals surface area contributed by atoms with E-state index in [1.807, 2.05) is 37.3 Å². The minimum atomic E-state index is -1.44. The van der Waals surface area contributed by atoms with Crippen LogP contribution >= 0.6 is 11.6 Å². The molecular formula is C30H33ClO7. The standard InChI is InChI=1S/C30H33ClO7/c1-17-3-9-23-21(11-17)15-37-30(23,2)16-36-22-7-4-18(5-8-22)12-20-13-19(6-10-24(20)31)29-28(35)27(34)26(33)25(14-32)38-29/h3-11,13,25-29,32-35H,12,14-16H2,1-2H3/t25-,26-,27+,28-,29+,30?/m1/s1. The first-order valence-electron chi connectivity index (χ1n) is 12.7. The van der Waals surface area contributed by atoms with Crippen molar-refractivity contribution < 1.29 is 34.6 Å². The first kappa shape index (κ1) is 27.1. The molecule has 1 saturated heterocycles. The normalized spacial score (nSPS) is 28.8. The third kappa shape index (κ3) is 5.33. The number of aliphatic hydroxyl groups is 4. The second kappa shape index (κ2) is 10.9. The van der Waals surface area contributed by atoms with Gasteiger partial charge >= 0.3 is 0 Å².